The molecule has 1 aromatic carbocycles. The van der Waals surface area contributed by atoms with Crippen molar-refractivity contribution in [1.29, 1.82) is 0 Å². The van der Waals surface area contributed by atoms with Crippen LogP contribution in [0, 0.1) is 0 Å². The molecule has 5 heteroatoms. The largest absolute Gasteiger partial charge is 0.464 e. The number of nitrogens with one attached hydrogen (secondary N) is 2. The molecule has 118 valence electrons. The zero-order valence-corrected chi connectivity index (χ0v) is 12.9. The van der Waals surface area contributed by atoms with Gasteiger partial charge in [-0.05, 0) is 29.2 Å². The number of H-pyrrole nitrogens is 1. The van der Waals surface area contributed by atoms with Crippen molar-refractivity contribution in [2.75, 3.05) is 13.7 Å². The predicted octanol–water partition coefficient (Wildman–Crippen LogP) is 2.19. The van der Waals surface area contributed by atoms with E-state index in [1.165, 1.54) is 12.7 Å². The molecule has 2 aromatic rings. The van der Waals surface area contributed by atoms with Crippen LogP contribution >= 0.6 is 0 Å². The van der Waals surface area contributed by atoms with E-state index in [2.05, 4.69) is 34.1 Å². The minimum atomic E-state index is -0.389. The lowest BCUT2D eigenvalue weighted by Crippen LogP contribution is -2.23. The highest BCUT2D eigenvalue weighted by atomic mass is 16.5. The maximum atomic E-state index is 11.4. The molecule has 0 bridgehead atoms. The Kier molecular flexibility index (Phi) is 5.75. The van der Waals surface area contributed by atoms with Crippen LogP contribution in [0.25, 0.3) is 0 Å². The number of hydrogen-bond acceptors (Lipinski definition) is 4. The van der Waals surface area contributed by atoms with Gasteiger partial charge in [0, 0.05) is 12.7 Å². The summed E-state index contributed by atoms with van der Waals surface area (Å²) in [5, 5.41) is 12.9. The zero-order chi connectivity index (χ0) is 15.9. The van der Waals surface area contributed by atoms with Gasteiger partial charge in [-0.25, -0.2) is 4.79 Å². The van der Waals surface area contributed by atoms with E-state index in [0.29, 0.717) is 12.2 Å². The van der Waals surface area contributed by atoms with Gasteiger partial charge in [0.05, 0.1) is 19.8 Å². The maximum absolute atomic E-state index is 11.4. The number of aromatic amines is 1. The number of methoxy groups -OCH3 is 1. The summed E-state index contributed by atoms with van der Waals surface area (Å²) in [6.45, 7) is 2.68. The smallest absolute Gasteiger partial charge is 0.354 e. The molecular formula is C17H22N2O3. The molecule has 0 fully saturated rings. The van der Waals surface area contributed by atoms with Crippen molar-refractivity contribution in [2.45, 2.75) is 25.9 Å². The van der Waals surface area contributed by atoms with E-state index in [9.17, 15) is 9.90 Å². The van der Waals surface area contributed by atoms with E-state index in [-0.39, 0.29) is 18.6 Å². The Bertz CT molecular complexity index is 605. The molecule has 0 spiro atoms. The van der Waals surface area contributed by atoms with Crippen molar-refractivity contribution in [2.24, 2.45) is 0 Å². The molecule has 0 aliphatic carbocycles. The second kappa shape index (κ2) is 7.77. The number of ether oxygens (including phenoxy) is 1. The monoisotopic (exact) mass is 302 g/mol. The third-order valence-corrected chi connectivity index (χ3v) is 3.67. The highest BCUT2D eigenvalue weighted by Gasteiger charge is 2.12. The van der Waals surface area contributed by atoms with Gasteiger partial charge in [0.2, 0.25) is 0 Å². The first-order valence-corrected chi connectivity index (χ1v) is 7.36. The minimum absolute atomic E-state index is 0.0136. The Morgan fingerprint density at radius 1 is 1.32 bits per heavy atom. The van der Waals surface area contributed by atoms with Crippen LogP contribution < -0.4 is 5.32 Å². The third kappa shape index (κ3) is 3.96. The summed E-state index contributed by atoms with van der Waals surface area (Å²) in [6.07, 6.45) is 2.75. The second-order valence-electron chi connectivity index (χ2n) is 5.12. The fourth-order valence-electron chi connectivity index (χ4n) is 2.28. The quantitative estimate of drug-likeness (QED) is 0.685. The average Bonchev–Trinajstić information content (AvgIpc) is 3.04. The topological polar surface area (TPSA) is 74.4 Å². The Labute approximate surface area is 130 Å². The number of rotatable bonds is 7. The summed E-state index contributed by atoms with van der Waals surface area (Å²) in [5.74, 6) is -0.389. The molecule has 0 saturated heterocycles. The minimum Gasteiger partial charge on any atom is -0.464 e. The summed E-state index contributed by atoms with van der Waals surface area (Å²) in [6, 6.07) is 9.82. The van der Waals surface area contributed by atoms with Crippen LogP contribution in [0.3, 0.4) is 0 Å². The van der Waals surface area contributed by atoms with E-state index in [1.54, 1.807) is 12.3 Å². The number of aliphatic hydroxyl groups is 1. The van der Waals surface area contributed by atoms with Crippen molar-refractivity contribution in [3.8, 4) is 0 Å². The maximum Gasteiger partial charge on any atom is 0.354 e. The first kappa shape index (κ1) is 16.3. The van der Waals surface area contributed by atoms with Crippen LogP contribution in [0.4, 0.5) is 0 Å². The Morgan fingerprint density at radius 3 is 2.64 bits per heavy atom. The van der Waals surface area contributed by atoms with E-state index in [0.717, 1.165) is 17.5 Å². The van der Waals surface area contributed by atoms with Crippen LogP contribution in [0.15, 0.2) is 36.5 Å². The van der Waals surface area contributed by atoms with Crippen LogP contribution in [-0.2, 0) is 17.7 Å². The first-order valence-electron chi connectivity index (χ1n) is 7.36. The highest BCUT2D eigenvalue weighted by Crippen LogP contribution is 2.15. The van der Waals surface area contributed by atoms with Gasteiger partial charge < -0.3 is 20.1 Å². The molecule has 1 atom stereocenters. The molecule has 0 aliphatic heterocycles. The Hall–Kier alpha value is -2.11. The standard InChI is InChI=1S/C17H22N2O3/c1-3-12-4-6-14(7-5-12)16(11-20)19-10-13-8-15(18-9-13)17(21)22-2/h4-9,16,18-20H,3,10-11H2,1-2H3. The number of carbonyl (C=O) groups excluding carboxylic acids is 1. The normalized spacial score (nSPS) is 12.1. The van der Waals surface area contributed by atoms with Gasteiger partial charge in [0.25, 0.3) is 0 Å². The molecule has 0 radical (unpaired) electrons. The highest BCUT2D eigenvalue weighted by molar-refractivity contribution is 5.87. The van der Waals surface area contributed by atoms with Gasteiger partial charge in [0.15, 0.2) is 0 Å². The lowest BCUT2D eigenvalue weighted by atomic mass is 10.0. The average molecular weight is 302 g/mol. The fraction of sp³-hybridized carbons (Fsp3) is 0.353. The van der Waals surface area contributed by atoms with E-state index < -0.39 is 0 Å². The Balaban J connectivity index is 1.98. The second-order valence-corrected chi connectivity index (χ2v) is 5.12. The fourth-order valence-corrected chi connectivity index (χ4v) is 2.28. The number of aryl methyl sites for hydroxylation is 1. The van der Waals surface area contributed by atoms with E-state index in [1.807, 2.05) is 12.1 Å². The van der Waals surface area contributed by atoms with Crippen molar-refractivity contribution in [3.63, 3.8) is 0 Å². The molecule has 0 saturated carbocycles. The molecule has 1 aromatic heterocycles. The third-order valence-electron chi connectivity index (χ3n) is 3.67. The SMILES string of the molecule is CCc1ccc(C(CO)NCc2c[nH]c(C(=O)OC)c2)cc1. The van der Waals surface area contributed by atoms with Gasteiger partial charge in [-0.1, -0.05) is 31.2 Å². The van der Waals surface area contributed by atoms with E-state index >= 15 is 0 Å². The lowest BCUT2D eigenvalue weighted by molar-refractivity contribution is 0.0595. The summed E-state index contributed by atoms with van der Waals surface area (Å²) >= 11 is 0. The first-order chi connectivity index (χ1) is 10.7. The van der Waals surface area contributed by atoms with Crippen LogP contribution in [0.1, 0.15) is 40.1 Å². The molecule has 22 heavy (non-hydrogen) atoms. The lowest BCUT2D eigenvalue weighted by Gasteiger charge is -2.16. The summed E-state index contributed by atoms with van der Waals surface area (Å²) in [4.78, 5) is 14.3. The van der Waals surface area contributed by atoms with Gasteiger partial charge in [0.1, 0.15) is 5.69 Å². The summed E-state index contributed by atoms with van der Waals surface area (Å²) in [7, 11) is 1.35. The van der Waals surface area contributed by atoms with Gasteiger partial charge >= 0.3 is 5.97 Å². The summed E-state index contributed by atoms with van der Waals surface area (Å²) in [5.41, 5.74) is 3.67. The van der Waals surface area contributed by atoms with Crippen LogP contribution in [-0.4, -0.2) is 29.8 Å². The van der Waals surface area contributed by atoms with Crippen LogP contribution in [0.2, 0.25) is 0 Å². The predicted molar refractivity (Wildman–Crippen MR) is 84.6 cm³/mol. The molecule has 1 heterocycles. The van der Waals surface area contributed by atoms with Crippen molar-refractivity contribution < 1.29 is 14.6 Å². The van der Waals surface area contributed by atoms with E-state index in [4.69, 9.17) is 0 Å². The van der Waals surface area contributed by atoms with Gasteiger partial charge in [-0.3, -0.25) is 0 Å². The number of aliphatic hydroxyl groups excluding tert-OH is 1. The number of carbonyl (C=O) groups is 1. The van der Waals surface area contributed by atoms with Crippen LogP contribution in [0.5, 0.6) is 0 Å². The van der Waals surface area contributed by atoms with Crippen molar-refractivity contribution in [1.82, 2.24) is 10.3 Å². The number of esters is 1. The molecule has 3 N–H and O–H groups in total. The van der Waals surface area contributed by atoms with Gasteiger partial charge in [-0.15, -0.1) is 0 Å². The van der Waals surface area contributed by atoms with Crippen molar-refractivity contribution in [3.05, 3.63) is 58.9 Å². The van der Waals surface area contributed by atoms with Crippen molar-refractivity contribution >= 4 is 5.97 Å². The molecule has 5 nitrogen and oxygen atoms in total. The number of hydrogen-bond donors (Lipinski definition) is 3. The Morgan fingerprint density at radius 2 is 2.05 bits per heavy atom. The number of aromatic nitrogens is 1. The number of benzene rings is 1. The van der Waals surface area contributed by atoms with Gasteiger partial charge in [-0.2, -0.15) is 0 Å². The molecule has 2 rings (SSSR count). The molecular weight excluding hydrogens is 280 g/mol. The molecule has 0 aliphatic rings. The zero-order valence-electron chi connectivity index (χ0n) is 12.9. The molecule has 1 unspecified atom stereocenters. The summed E-state index contributed by atoms with van der Waals surface area (Å²) < 4.78 is 4.66. The molecule has 0 amide bonds.